The third-order valence-corrected chi connectivity index (χ3v) is 3.00. The minimum atomic E-state index is -0.212. The van der Waals surface area contributed by atoms with Gasteiger partial charge in [0.25, 0.3) is 0 Å². The van der Waals surface area contributed by atoms with E-state index in [9.17, 15) is 4.79 Å². The van der Waals surface area contributed by atoms with Crippen LogP contribution in [0.5, 0.6) is 0 Å². The number of nitrogens with zero attached hydrogens (tertiary/aromatic N) is 1. The number of amides is 1. The fourth-order valence-electron chi connectivity index (χ4n) is 2.25. The van der Waals surface area contributed by atoms with E-state index in [1.54, 1.807) is 4.90 Å². The normalized spacial score (nSPS) is 25.0. The van der Waals surface area contributed by atoms with Crippen LogP contribution in [0.2, 0.25) is 0 Å². The number of hydrogen-bond donors (Lipinski definition) is 0. The molecule has 1 heterocycles. The molecule has 0 spiro atoms. The van der Waals surface area contributed by atoms with E-state index in [0.29, 0.717) is 0 Å². The first kappa shape index (κ1) is 11.0. The Balaban J connectivity index is 2.24. The van der Waals surface area contributed by atoms with Crippen LogP contribution in [0.4, 0.5) is 4.79 Å². The molecule has 1 aromatic rings. The fourth-order valence-corrected chi connectivity index (χ4v) is 2.25. The largest absolute Gasteiger partial charge is 0.439 e. The maximum absolute atomic E-state index is 11.7. The highest BCUT2D eigenvalue weighted by Gasteiger charge is 2.40. The van der Waals surface area contributed by atoms with Crippen LogP contribution in [0, 0.1) is 0 Å². The van der Waals surface area contributed by atoms with Crippen molar-refractivity contribution >= 4 is 6.09 Å². The second kappa shape index (κ2) is 4.16. The summed E-state index contributed by atoms with van der Waals surface area (Å²) in [4.78, 5) is 13.5. The van der Waals surface area contributed by atoms with Gasteiger partial charge in [0.15, 0.2) is 0 Å². The van der Waals surface area contributed by atoms with Gasteiger partial charge >= 0.3 is 6.09 Å². The predicted molar refractivity (Wildman–Crippen MR) is 62.1 cm³/mol. The van der Waals surface area contributed by atoms with Crippen LogP contribution in [0.3, 0.4) is 0 Å². The number of carbonyl (C=O) groups excluding carboxylic acids is 1. The van der Waals surface area contributed by atoms with Crippen molar-refractivity contribution in [3.8, 4) is 0 Å². The summed E-state index contributed by atoms with van der Waals surface area (Å²) in [7, 11) is 0. The molecule has 0 radical (unpaired) electrons. The first-order valence-corrected chi connectivity index (χ1v) is 5.65. The Morgan fingerprint density at radius 3 is 2.38 bits per heavy atom. The number of cyclic esters (lactones) is 1. The van der Waals surface area contributed by atoms with Crippen molar-refractivity contribution in [1.82, 2.24) is 4.90 Å². The molecule has 1 amide bonds. The summed E-state index contributed by atoms with van der Waals surface area (Å²) in [6.45, 7) is 6.04. The maximum Gasteiger partial charge on any atom is 0.411 e. The Morgan fingerprint density at radius 1 is 1.25 bits per heavy atom. The summed E-state index contributed by atoms with van der Waals surface area (Å²) in [6, 6.07) is 10.2. The van der Waals surface area contributed by atoms with Gasteiger partial charge in [0.1, 0.15) is 6.10 Å². The van der Waals surface area contributed by atoms with Gasteiger partial charge in [-0.2, -0.15) is 0 Å². The number of benzene rings is 1. The van der Waals surface area contributed by atoms with Crippen LogP contribution in [0.1, 0.15) is 32.4 Å². The van der Waals surface area contributed by atoms with Gasteiger partial charge in [-0.3, -0.25) is 4.90 Å². The molecule has 1 aromatic carbocycles. The third kappa shape index (κ3) is 1.77. The molecule has 1 fully saturated rings. The molecule has 0 aromatic heterocycles. The quantitative estimate of drug-likeness (QED) is 0.765. The van der Waals surface area contributed by atoms with Crippen LogP contribution in [-0.2, 0) is 4.74 Å². The standard InChI is InChI=1S/C13H17NO2/c1-9(2)14-10(3)12(16-13(14)15)11-7-5-4-6-8-11/h4-10,12H,1-3H3/t10-,12-/m0/s1. The van der Waals surface area contributed by atoms with Crippen molar-refractivity contribution in [3.63, 3.8) is 0 Å². The zero-order valence-electron chi connectivity index (χ0n) is 9.88. The Morgan fingerprint density at radius 2 is 1.88 bits per heavy atom. The van der Waals surface area contributed by atoms with Crippen molar-refractivity contribution in [2.75, 3.05) is 0 Å². The molecule has 3 nitrogen and oxygen atoms in total. The van der Waals surface area contributed by atoms with Crippen molar-refractivity contribution in [1.29, 1.82) is 0 Å². The molecule has 86 valence electrons. The monoisotopic (exact) mass is 219 g/mol. The summed E-state index contributed by atoms with van der Waals surface area (Å²) in [5.74, 6) is 0. The molecule has 3 heteroatoms. The van der Waals surface area contributed by atoms with E-state index in [0.717, 1.165) is 5.56 Å². The highest BCUT2D eigenvalue weighted by molar-refractivity contribution is 5.71. The number of ether oxygens (including phenoxy) is 1. The van der Waals surface area contributed by atoms with Crippen LogP contribution in [0.15, 0.2) is 30.3 Å². The smallest absolute Gasteiger partial charge is 0.411 e. The number of hydrogen-bond acceptors (Lipinski definition) is 2. The lowest BCUT2D eigenvalue weighted by atomic mass is 10.0. The van der Waals surface area contributed by atoms with Gasteiger partial charge in [0, 0.05) is 6.04 Å². The van der Waals surface area contributed by atoms with Gasteiger partial charge in [0.2, 0.25) is 0 Å². The van der Waals surface area contributed by atoms with Crippen molar-refractivity contribution < 1.29 is 9.53 Å². The Kier molecular flexibility index (Phi) is 2.86. The molecule has 0 saturated carbocycles. The fraction of sp³-hybridized carbons (Fsp3) is 0.462. The van der Waals surface area contributed by atoms with E-state index >= 15 is 0 Å². The minimum absolute atomic E-state index is 0.0925. The molecule has 0 N–H and O–H groups in total. The Bertz CT molecular complexity index is 375. The summed E-state index contributed by atoms with van der Waals surface area (Å²) < 4.78 is 5.42. The molecule has 1 aliphatic rings. The molecule has 2 atom stereocenters. The topological polar surface area (TPSA) is 29.5 Å². The van der Waals surface area contributed by atoms with E-state index < -0.39 is 0 Å². The van der Waals surface area contributed by atoms with Gasteiger partial charge in [0.05, 0.1) is 6.04 Å². The first-order chi connectivity index (χ1) is 7.61. The maximum atomic E-state index is 11.7. The third-order valence-electron chi connectivity index (χ3n) is 3.00. The lowest BCUT2D eigenvalue weighted by Crippen LogP contribution is -2.37. The second-order valence-electron chi connectivity index (χ2n) is 4.46. The molecule has 1 saturated heterocycles. The highest BCUT2D eigenvalue weighted by Crippen LogP contribution is 2.33. The molecule has 0 aliphatic carbocycles. The van der Waals surface area contributed by atoms with E-state index in [-0.39, 0.29) is 24.3 Å². The van der Waals surface area contributed by atoms with Crippen molar-refractivity contribution in [3.05, 3.63) is 35.9 Å². The molecule has 0 unspecified atom stereocenters. The zero-order chi connectivity index (χ0) is 11.7. The SMILES string of the molecule is CC(C)N1C(=O)O[C@H](c2ccccc2)[C@@H]1C. The number of rotatable bonds is 2. The summed E-state index contributed by atoms with van der Waals surface area (Å²) in [5.41, 5.74) is 1.06. The predicted octanol–water partition coefficient (Wildman–Crippen LogP) is 2.98. The van der Waals surface area contributed by atoms with E-state index in [1.165, 1.54) is 0 Å². The van der Waals surface area contributed by atoms with Crippen LogP contribution in [0.25, 0.3) is 0 Å². The minimum Gasteiger partial charge on any atom is -0.439 e. The Labute approximate surface area is 96.0 Å². The first-order valence-electron chi connectivity index (χ1n) is 5.65. The van der Waals surface area contributed by atoms with Crippen LogP contribution in [-0.4, -0.2) is 23.1 Å². The van der Waals surface area contributed by atoms with Gasteiger partial charge in [-0.05, 0) is 26.3 Å². The average Bonchev–Trinajstić information content (AvgIpc) is 2.55. The number of carbonyl (C=O) groups is 1. The van der Waals surface area contributed by atoms with Crippen LogP contribution >= 0.6 is 0 Å². The van der Waals surface area contributed by atoms with Crippen molar-refractivity contribution in [2.45, 2.75) is 39.0 Å². The van der Waals surface area contributed by atoms with Gasteiger partial charge in [-0.15, -0.1) is 0 Å². The van der Waals surface area contributed by atoms with E-state index in [4.69, 9.17) is 4.74 Å². The molecule has 16 heavy (non-hydrogen) atoms. The highest BCUT2D eigenvalue weighted by atomic mass is 16.6. The van der Waals surface area contributed by atoms with Gasteiger partial charge < -0.3 is 4.74 Å². The molecular formula is C13H17NO2. The zero-order valence-corrected chi connectivity index (χ0v) is 9.88. The van der Waals surface area contributed by atoms with E-state index in [1.807, 2.05) is 51.1 Å². The summed E-state index contributed by atoms with van der Waals surface area (Å²) in [5, 5.41) is 0. The summed E-state index contributed by atoms with van der Waals surface area (Å²) >= 11 is 0. The van der Waals surface area contributed by atoms with Crippen molar-refractivity contribution in [2.24, 2.45) is 0 Å². The molecule has 2 rings (SSSR count). The lowest BCUT2D eigenvalue weighted by Gasteiger charge is -2.24. The molecule has 1 aliphatic heterocycles. The summed E-state index contributed by atoms with van der Waals surface area (Å²) in [6.07, 6.45) is -0.354. The van der Waals surface area contributed by atoms with E-state index in [2.05, 4.69) is 0 Å². The second-order valence-corrected chi connectivity index (χ2v) is 4.46. The van der Waals surface area contributed by atoms with Gasteiger partial charge in [-0.25, -0.2) is 4.79 Å². The molecule has 0 bridgehead atoms. The lowest BCUT2D eigenvalue weighted by molar-refractivity contribution is 0.129. The van der Waals surface area contributed by atoms with Crippen LogP contribution < -0.4 is 0 Å². The van der Waals surface area contributed by atoms with Gasteiger partial charge in [-0.1, -0.05) is 30.3 Å². The molecular weight excluding hydrogens is 202 g/mol. The Hall–Kier alpha value is -1.51. The average molecular weight is 219 g/mol.